The molecule has 0 fully saturated rings. The van der Waals surface area contributed by atoms with E-state index in [2.05, 4.69) is 21.4 Å². The van der Waals surface area contributed by atoms with Crippen LogP contribution in [0.3, 0.4) is 0 Å². The topological polar surface area (TPSA) is 56.3 Å². The van der Waals surface area contributed by atoms with E-state index < -0.39 is 0 Å². The van der Waals surface area contributed by atoms with Crippen molar-refractivity contribution in [3.8, 4) is 11.8 Å². The fraction of sp³-hybridized carbons (Fsp3) is 0.375. The lowest BCUT2D eigenvalue weighted by Gasteiger charge is -2.07. The molecule has 0 amide bonds. The fourth-order valence-electron chi connectivity index (χ4n) is 1.84. The first kappa shape index (κ1) is 15.4. The number of benzene rings is 1. The Kier molecular flexibility index (Phi) is 6.64. The number of rotatable bonds is 9. The summed E-state index contributed by atoms with van der Waals surface area (Å²) in [6, 6.07) is 10.0. The summed E-state index contributed by atoms with van der Waals surface area (Å²) in [7, 11) is 0. The molecule has 0 spiro atoms. The summed E-state index contributed by atoms with van der Waals surface area (Å²) in [5.41, 5.74) is 1.17. The number of ether oxygens (including phenoxy) is 2. The number of hydrogen-bond acceptors (Lipinski definition) is 5. The number of nitrogens with zero attached hydrogens (tertiary/aromatic N) is 2. The van der Waals surface area contributed by atoms with Crippen molar-refractivity contribution >= 4 is 0 Å². The van der Waals surface area contributed by atoms with Gasteiger partial charge in [0.2, 0.25) is 0 Å². The Labute approximate surface area is 125 Å². The molecule has 0 atom stereocenters. The molecule has 0 saturated carbocycles. The molecule has 0 unspecified atom stereocenters. The maximum atomic E-state index is 5.61. The summed E-state index contributed by atoms with van der Waals surface area (Å²) in [6.45, 7) is 5.33. The summed E-state index contributed by atoms with van der Waals surface area (Å²) in [5, 5.41) is 3.38. The van der Waals surface area contributed by atoms with Crippen molar-refractivity contribution in [2.24, 2.45) is 0 Å². The first-order valence-electron chi connectivity index (χ1n) is 7.21. The molecule has 0 radical (unpaired) electrons. The lowest BCUT2D eigenvalue weighted by Crippen LogP contribution is -2.16. The molecule has 1 aromatic heterocycles. The molecule has 1 heterocycles. The van der Waals surface area contributed by atoms with E-state index in [4.69, 9.17) is 9.47 Å². The molecule has 2 aromatic rings. The normalized spacial score (nSPS) is 10.5. The van der Waals surface area contributed by atoms with Crippen LogP contribution in [0.1, 0.15) is 18.9 Å². The predicted molar refractivity (Wildman–Crippen MR) is 81.4 cm³/mol. The second-order valence-electron chi connectivity index (χ2n) is 4.51. The SMILES string of the molecule is CCOCCCNCc1cccc(Oc2ncccn2)c1. The average Bonchev–Trinajstić information content (AvgIpc) is 2.52. The first-order valence-corrected chi connectivity index (χ1v) is 7.21. The first-order chi connectivity index (χ1) is 10.4. The van der Waals surface area contributed by atoms with Crippen molar-refractivity contribution in [3.63, 3.8) is 0 Å². The Morgan fingerprint density at radius 3 is 2.81 bits per heavy atom. The van der Waals surface area contributed by atoms with E-state index in [1.165, 1.54) is 5.56 Å². The highest BCUT2D eigenvalue weighted by molar-refractivity contribution is 5.30. The van der Waals surface area contributed by atoms with Crippen LogP contribution < -0.4 is 10.1 Å². The van der Waals surface area contributed by atoms with Crippen LogP contribution >= 0.6 is 0 Å². The van der Waals surface area contributed by atoms with Crippen LogP contribution in [0.4, 0.5) is 0 Å². The quantitative estimate of drug-likeness (QED) is 0.719. The average molecular weight is 287 g/mol. The van der Waals surface area contributed by atoms with Crippen LogP contribution in [0.5, 0.6) is 11.8 Å². The van der Waals surface area contributed by atoms with E-state index in [9.17, 15) is 0 Å². The second kappa shape index (κ2) is 9.05. The van der Waals surface area contributed by atoms with Gasteiger partial charge in [0.25, 0.3) is 0 Å². The molecule has 5 heteroatoms. The highest BCUT2D eigenvalue weighted by Crippen LogP contribution is 2.18. The molecule has 0 saturated heterocycles. The van der Waals surface area contributed by atoms with Gasteiger partial charge in [-0.15, -0.1) is 0 Å². The van der Waals surface area contributed by atoms with E-state index in [0.29, 0.717) is 6.01 Å². The van der Waals surface area contributed by atoms with Gasteiger partial charge in [-0.05, 0) is 43.7 Å². The van der Waals surface area contributed by atoms with Crippen molar-refractivity contribution in [3.05, 3.63) is 48.3 Å². The minimum absolute atomic E-state index is 0.360. The zero-order valence-electron chi connectivity index (χ0n) is 12.3. The van der Waals surface area contributed by atoms with Gasteiger partial charge in [0, 0.05) is 32.2 Å². The van der Waals surface area contributed by atoms with Gasteiger partial charge in [-0.25, -0.2) is 9.97 Å². The highest BCUT2D eigenvalue weighted by Gasteiger charge is 2.00. The third-order valence-electron chi connectivity index (χ3n) is 2.83. The Bertz CT molecular complexity index is 520. The van der Waals surface area contributed by atoms with Crippen LogP contribution in [0, 0.1) is 0 Å². The lowest BCUT2D eigenvalue weighted by atomic mass is 10.2. The van der Waals surface area contributed by atoms with Crippen LogP contribution in [0.15, 0.2) is 42.7 Å². The second-order valence-corrected chi connectivity index (χ2v) is 4.51. The summed E-state index contributed by atoms with van der Waals surface area (Å²) >= 11 is 0. The van der Waals surface area contributed by atoms with E-state index in [1.54, 1.807) is 18.5 Å². The molecule has 0 aliphatic heterocycles. The van der Waals surface area contributed by atoms with Gasteiger partial charge < -0.3 is 14.8 Å². The summed E-state index contributed by atoms with van der Waals surface area (Å²) in [5.74, 6) is 0.745. The van der Waals surface area contributed by atoms with Gasteiger partial charge in [-0.1, -0.05) is 12.1 Å². The third-order valence-corrected chi connectivity index (χ3v) is 2.83. The molecule has 112 valence electrons. The summed E-state index contributed by atoms with van der Waals surface area (Å²) < 4.78 is 10.9. The van der Waals surface area contributed by atoms with E-state index in [-0.39, 0.29) is 0 Å². The molecule has 0 aliphatic carbocycles. The third kappa shape index (κ3) is 5.89. The molecule has 0 bridgehead atoms. The maximum Gasteiger partial charge on any atom is 0.321 e. The van der Waals surface area contributed by atoms with Crippen LogP contribution in [0.2, 0.25) is 0 Å². The van der Waals surface area contributed by atoms with Crippen LogP contribution in [-0.4, -0.2) is 29.7 Å². The lowest BCUT2D eigenvalue weighted by molar-refractivity contribution is 0.144. The van der Waals surface area contributed by atoms with Gasteiger partial charge in [-0.3, -0.25) is 0 Å². The molecular weight excluding hydrogens is 266 g/mol. The van der Waals surface area contributed by atoms with Gasteiger partial charge in [-0.2, -0.15) is 0 Å². The van der Waals surface area contributed by atoms with Crippen molar-refractivity contribution in [2.75, 3.05) is 19.8 Å². The van der Waals surface area contributed by atoms with Crippen molar-refractivity contribution in [2.45, 2.75) is 19.9 Å². The highest BCUT2D eigenvalue weighted by atomic mass is 16.5. The van der Waals surface area contributed by atoms with E-state index in [1.807, 2.05) is 25.1 Å². The standard InChI is InChI=1S/C16H21N3O2/c1-2-20-11-5-8-17-13-14-6-3-7-15(12-14)21-16-18-9-4-10-19-16/h3-4,6-7,9-10,12,17H,2,5,8,11,13H2,1H3. The van der Waals surface area contributed by atoms with Gasteiger partial charge in [0.15, 0.2) is 0 Å². The van der Waals surface area contributed by atoms with Gasteiger partial charge >= 0.3 is 6.01 Å². The summed E-state index contributed by atoms with van der Waals surface area (Å²) in [6.07, 6.45) is 4.33. The zero-order valence-corrected chi connectivity index (χ0v) is 12.3. The van der Waals surface area contributed by atoms with Crippen LogP contribution in [-0.2, 0) is 11.3 Å². The van der Waals surface area contributed by atoms with Crippen LogP contribution in [0.25, 0.3) is 0 Å². The number of nitrogens with one attached hydrogen (secondary N) is 1. The summed E-state index contributed by atoms with van der Waals surface area (Å²) in [4.78, 5) is 8.09. The molecular formula is C16H21N3O2. The number of aromatic nitrogens is 2. The van der Waals surface area contributed by atoms with Crippen molar-refractivity contribution < 1.29 is 9.47 Å². The largest absolute Gasteiger partial charge is 0.424 e. The minimum Gasteiger partial charge on any atom is -0.424 e. The van der Waals surface area contributed by atoms with E-state index >= 15 is 0 Å². The molecule has 1 N–H and O–H groups in total. The van der Waals surface area contributed by atoms with Crippen molar-refractivity contribution in [1.82, 2.24) is 15.3 Å². The smallest absolute Gasteiger partial charge is 0.321 e. The minimum atomic E-state index is 0.360. The van der Waals surface area contributed by atoms with Gasteiger partial charge in [0.1, 0.15) is 5.75 Å². The van der Waals surface area contributed by atoms with E-state index in [0.717, 1.165) is 38.5 Å². The molecule has 5 nitrogen and oxygen atoms in total. The number of hydrogen-bond donors (Lipinski definition) is 1. The maximum absolute atomic E-state index is 5.61. The molecule has 21 heavy (non-hydrogen) atoms. The fourth-order valence-corrected chi connectivity index (χ4v) is 1.84. The zero-order chi connectivity index (χ0) is 14.8. The molecule has 2 rings (SSSR count). The molecule has 0 aliphatic rings. The predicted octanol–water partition coefficient (Wildman–Crippen LogP) is 2.79. The Hall–Kier alpha value is -1.98. The Balaban J connectivity index is 1.78. The Morgan fingerprint density at radius 1 is 1.14 bits per heavy atom. The molecule has 1 aromatic carbocycles. The van der Waals surface area contributed by atoms with Crippen molar-refractivity contribution in [1.29, 1.82) is 0 Å². The Morgan fingerprint density at radius 2 is 2.00 bits per heavy atom. The monoisotopic (exact) mass is 287 g/mol. The van der Waals surface area contributed by atoms with Gasteiger partial charge in [0.05, 0.1) is 0 Å².